The van der Waals surface area contributed by atoms with Crippen molar-refractivity contribution in [1.29, 1.82) is 0 Å². The number of anilines is 2. The number of nitrogens with two attached hydrogens (primary N) is 1. The third-order valence-electron chi connectivity index (χ3n) is 2.50. The molecular formula is C9H15N5. The molecule has 0 bridgehead atoms. The number of nitrogen functional groups attached to an aromatic ring is 1. The zero-order valence-electron chi connectivity index (χ0n) is 8.49. The average molecular weight is 193 g/mol. The van der Waals surface area contributed by atoms with Crippen LogP contribution in [0.1, 0.15) is 18.4 Å². The SMILES string of the molecule is Cc1cnc(NN)nc1N(C)C1CC1. The minimum absolute atomic E-state index is 0.470. The fourth-order valence-electron chi connectivity index (χ4n) is 1.49. The maximum atomic E-state index is 5.27. The summed E-state index contributed by atoms with van der Waals surface area (Å²) in [7, 11) is 2.06. The third kappa shape index (κ3) is 1.63. The van der Waals surface area contributed by atoms with E-state index in [1.165, 1.54) is 12.8 Å². The van der Waals surface area contributed by atoms with Crippen molar-refractivity contribution in [3.63, 3.8) is 0 Å². The van der Waals surface area contributed by atoms with Gasteiger partial charge in [-0.15, -0.1) is 0 Å². The van der Waals surface area contributed by atoms with Gasteiger partial charge in [-0.1, -0.05) is 0 Å². The topological polar surface area (TPSA) is 67.1 Å². The van der Waals surface area contributed by atoms with Crippen LogP contribution in [-0.4, -0.2) is 23.1 Å². The Morgan fingerprint density at radius 2 is 2.29 bits per heavy atom. The van der Waals surface area contributed by atoms with Crippen LogP contribution in [0.2, 0.25) is 0 Å². The van der Waals surface area contributed by atoms with Crippen molar-refractivity contribution in [2.24, 2.45) is 5.84 Å². The number of hydrogen-bond donors (Lipinski definition) is 2. The van der Waals surface area contributed by atoms with E-state index in [0.717, 1.165) is 11.4 Å². The predicted octanol–water partition coefficient (Wildman–Crippen LogP) is 0.669. The van der Waals surface area contributed by atoms with Crippen molar-refractivity contribution >= 4 is 11.8 Å². The molecule has 5 heteroatoms. The standard InChI is InChI=1S/C9H15N5/c1-6-5-11-9(13-10)12-8(6)14(2)7-3-4-7/h5,7H,3-4,10H2,1-2H3,(H,11,12,13). The molecule has 1 aromatic heterocycles. The van der Waals surface area contributed by atoms with Crippen LogP contribution >= 0.6 is 0 Å². The molecule has 3 N–H and O–H groups in total. The molecule has 1 aliphatic carbocycles. The first-order valence-electron chi connectivity index (χ1n) is 4.75. The summed E-state index contributed by atoms with van der Waals surface area (Å²) < 4.78 is 0. The first-order chi connectivity index (χ1) is 6.72. The molecule has 1 fully saturated rings. The summed E-state index contributed by atoms with van der Waals surface area (Å²) in [5.41, 5.74) is 3.54. The van der Waals surface area contributed by atoms with E-state index in [1.54, 1.807) is 6.20 Å². The van der Waals surface area contributed by atoms with Gasteiger partial charge in [0.25, 0.3) is 0 Å². The molecule has 1 aliphatic rings. The minimum atomic E-state index is 0.470. The Balaban J connectivity index is 2.29. The lowest BCUT2D eigenvalue weighted by atomic mass is 10.3. The normalized spacial score (nSPS) is 15.4. The zero-order chi connectivity index (χ0) is 10.1. The fraction of sp³-hybridized carbons (Fsp3) is 0.556. The number of nitrogens with zero attached hydrogens (tertiary/aromatic N) is 3. The van der Waals surface area contributed by atoms with Gasteiger partial charge < -0.3 is 4.90 Å². The Kier molecular flexibility index (Phi) is 2.25. The van der Waals surface area contributed by atoms with E-state index in [-0.39, 0.29) is 0 Å². The highest BCUT2D eigenvalue weighted by Crippen LogP contribution is 2.30. The van der Waals surface area contributed by atoms with E-state index in [1.807, 2.05) is 6.92 Å². The van der Waals surface area contributed by atoms with Crippen molar-refractivity contribution in [2.75, 3.05) is 17.4 Å². The first-order valence-corrected chi connectivity index (χ1v) is 4.75. The molecule has 0 radical (unpaired) electrons. The van der Waals surface area contributed by atoms with Gasteiger partial charge in [0.05, 0.1) is 0 Å². The van der Waals surface area contributed by atoms with Crippen LogP contribution in [0.5, 0.6) is 0 Å². The number of hydrazine groups is 1. The summed E-state index contributed by atoms with van der Waals surface area (Å²) >= 11 is 0. The van der Waals surface area contributed by atoms with E-state index in [9.17, 15) is 0 Å². The van der Waals surface area contributed by atoms with Gasteiger partial charge in [-0.05, 0) is 19.8 Å². The molecule has 0 aliphatic heterocycles. The molecule has 0 unspecified atom stereocenters. The van der Waals surface area contributed by atoms with Crippen LogP contribution in [0.15, 0.2) is 6.20 Å². The molecule has 1 saturated carbocycles. The number of hydrogen-bond acceptors (Lipinski definition) is 5. The molecule has 0 amide bonds. The van der Waals surface area contributed by atoms with Crippen LogP contribution in [0.4, 0.5) is 11.8 Å². The van der Waals surface area contributed by atoms with Gasteiger partial charge >= 0.3 is 0 Å². The molecule has 14 heavy (non-hydrogen) atoms. The number of rotatable bonds is 3. The maximum Gasteiger partial charge on any atom is 0.239 e. The Morgan fingerprint density at radius 1 is 1.57 bits per heavy atom. The molecule has 0 atom stereocenters. The third-order valence-corrected chi connectivity index (χ3v) is 2.50. The van der Waals surface area contributed by atoms with Gasteiger partial charge in [0, 0.05) is 24.8 Å². The van der Waals surface area contributed by atoms with E-state index in [4.69, 9.17) is 5.84 Å². The molecule has 1 aromatic rings. The van der Waals surface area contributed by atoms with Gasteiger partial charge in [-0.3, -0.25) is 5.43 Å². The largest absolute Gasteiger partial charge is 0.356 e. The first kappa shape index (κ1) is 9.21. The molecular weight excluding hydrogens is 178 g/mol. The number of aromatic nitrogens is 2. The second-order valence-corrected chi connectivity index (χ2v) is 3.69. The summed E-state index contributed by atoms with van der Waals surface area (Å²) in [5, 5.41) is 0. The maximum absolute atomic E-state index is 5.27. The molecule has 0 aromatic carbocycles. The van der Waals surface area contributed by atoms with Crippen LogP contribution in [-0.2, 0) is 0 Å². The second-order valence-electron chi connectivity index (χ2n) is 3.69. The lowest BCUT2D eigenvalue weighted by Crippen LogP contribution is -2.23. The van der Waals surface area contributed by atoms with Gasteiger partial charge in [0.2, 0.25) is 5.95 Å². The molecule has 0 saturated heterocycles. The predicted molar refractivity (Wildman–Crippen MR) is 56.0 cm³/mol. The minimum Gasteiger partial charge on any atom is -0.356 e. The van der Waals surface area contributed by atoms with Gasteiger partial charge in [0.15, 0.2) is 0 Å². The Morgan fingerprint density at radius 3 is 2.86 bits per heavy atom. The zero-order valence-corrected chi connectivity index (χ0v) is 8.49. The molecule has 5 nitrogen and oxygen atoms in total. The monoisotopic (exact) mass is 193 g/mol. The quantitative estimate of drug-likeness (QED) is 0.545. The fourth-order valence-corrected chi connectivity index (χ4v) is 1.49. The van der Waals surface area contributed by atoms with Crippen LogP contribution in [0, 0.1) is 6.92 Å². The van der Waals surface area contributed by atoms with E-state index in [0.29, 0.717) is 12.0 Å². The van der Waals surface area contributed by atoms with Crippen LogP contribution in [0.3, 0.4) is 0 Å². The van der Waals surface area contributed by atoms with Crippen molar-refractivity contribution in [3.8, 4) is 0 Å². The van der Waals surface area contributed by atoms with Gasteiger partial charge in [-0.2, -0.15) is 4.98 Å². The second kappa shape index (κ2) is 3.42. The smallest absolute Gasteiger partial charge is 0.239 e. The van der Waals surface area contributed by atoms with Crippen LogP contribution in [0.25, 0.3) is 0 Å². The molecule has 76 valence electrons. The van der Waals surface area contributed by atoms with Crippen LogP contribution < -0.4 is 16.2 Å². The lowest BCUT2D eigenvalue weighted by Gasteiger charge is -2.19. The van der Waals surface area contributed by atoms with Crippen molar-refractivity contribution in [1.82, 2.24) is 9.97 Å². The highest BCUT2D eigenvalue weighted by Gasteiger charge is 2.28. The Bertz CT molecular complexity index is 334. The number of nitrogens with one attached hydrogen (secondary N) is 1. The Labute approximate surface area is 83.3 Å². The molecule has 2 rings (SSSR count). The molecule has 1 heterocycles. The van der Waals surface area contributed by atoms with Crippen molar-refractivity contribution < 1.29 is 0 Å². The summed E-state index contributed by atoms with van der Waals surface area (Å²) in [5.74, 6) is 6.71. The lowest BCUT2D eigenvalue weighted by molar-refractivity contribution is 0.877. The summed E-state index contributed by atoms with van der Waals surface area (Å²) in [6.45, 7) is 2.01. The summed E-state index contributed by atoms with van der Waals surface area (Å²) in [4.78, 5) is 10.6. The summed E-state index contributed by atoms with van der Waals surface area (Å²) in [6.07, 6.45) is 4.30. The van der Waals surface area contributed by atoms with E-state index >= 15 is 0 Å². The Hall–Kier alpha value is -1.36. The van der Waals surface area contributed by atoms with E-state index in [2.05, 4.69) is 27.3 Å². The highest BCUT2D eigenvalue weighted by molar-refractivity contribution is 5.49. The summed E-state index contributed by atoms with van der Waals surface area (Å²) in [6, 6.07) is 0.647. The van der Waals surface area contributed by atoms with E-state index < -0.39 is 0 Å². The van der Waals surface area contributed by atoms with Gasteiger partial charge in [-0.25, -0.2) is 10.8 Å². The highest BCUT2D eigenvalue weighted by atomic mass is 15.3. The van der Waals surface area contributed by atoms with Crippen molar-refractivity contribution in [3.05, 3.63) is 11.8 Å². The number of aryl methyl sites for hydroxylation is 1. The molecule has 0 spiro atoms. The van der Waals surface area contributed by atoms with Crippen molar-refractivity contribution in [2.45, 2.75) is 25.8 Å². The average Bonchev–Trinajstić information content (AvgIpc) is 3.01. The van der Waals surface area contributed by atoms with Gasteiger partial charge in [0.1, 0.15) is 5.82 Å².